The molecule has 6 nitrogen and oxygen atoms in total. The molecule has 0 atom stereocenters. The second kappa shape index (κ2) is 4.62. The summed E-state index contributed by atoms with van der Waals surface area (Å²) < 4.78 is 26.0. The number of pyridine rings is 1. The molecule has 2 aromatic heterocycles. The van der Waals surface area contributed by atoms with E-state index < -0.39 is 10.2 Å². The van der Waals surface area contributed by atoms with Crippen LogP contribution in [0.3, 0.4) is 0 Å². The number of nitrogens with one attached hydrogen (secondary N) is 1. The van der Waals surface area contributed by atoms with E-state index in [4.69, 9.17) is 5.14 Å². The van der Waals surface area contributed by atoms with Crippen LogP contribution in [-0.2, 0) is 10.2 Å². The van der Waals surface area contributed by atoms with E-state index in [0.717, 1.165) is 16.9 Å². The van der Waals surface area contributed by atoms with Crippen LogP contribution in [-0.4, -0.2) is 17.8 Å². The number of aromatic nitrogens is 2. The molecule has 2 heterocycles. The molecule has 0 aliphatic rings. The molecule has 20 heavy (non-hydrogen) atoms. The summed E-state index contributed by atoms with van der Waals surface area (Å²) in [4.78, 5) is 4.49. The molecule has 0 saturated heterocycles. The number of nitrogens with zero attached hydrogens (tertiary/aromatic N) is 2. The average Bonchev–Trinajstić information content (AvgIpc) is 2.81. The fourth-order valence-electron chi connectivity index (χ4n) is 1.95. The van der Waals surface area contributed by atoms with Gasteiger partial charge in [0.05, 0.1) is 5.69 Å². The van der Waals surface area contributed by atoms with E-state index in [9.17, 15) is 8.42 Å². The quantitative estimate of drug-likeness (QED) is 0.767. The molecule has 7 heteroatoms. The molecule has 0 radical (unpaired) electrons. The molecular weight excluding hydrogens is 276 g/mol. The van der Waals surface area contributed by atoms with Crippen molar-refractivity contribution in [3.63, 3.8) is 0 Å². The van der Waals surface area contributed by atoms with Crippen molar-refractivity contribution in [2.45, 2.75) is 0 Å². The van der Waals surface area contributed by atoms with Crippen molar-refractivity contribution in [2.75, 3.05) is 4.72 Å². The monoisotopic (exact) mass is 288 g/mol. The van der Waals surface area contributed by atoms with Gasteiger partial charge in [0.25, 0.3) is 10.2 Å². The number of rotatable bonds is 3. The van der Waals surface area contributed by atoms with E-state index in [1.165, 1.54) is 0 Å². The molecule has 0 saturated carbocycles. The molecule has 102 valence electrons. The molecule has 0 bridgehead atoms. The van der Waals surface area contributed by atoms with Crippen LogP contribution in [0.5, 0.6) is 0 Å². The van der Waals surface area contributed by atoms with Crippen LogP contribution in [0.2, 0.25) is 0 Å². The first-order valence-electron chi connectivity index (χ1n) is 5.86. The average molecular weight is 288 g/mol. The first kappa shape index (κ1) is 12.6. The van der Waals surface area contributed by atoms with E-state index in [-0.39, 0.29) is 0 Å². The second-order valence-electron chi connectivity index (χ2n) is 4.32. The lowest BCUT2D eigenvalue weighted by molar-refractivity contribution is 0.603. The first-order chi connectivity index (χ1) is 9.51. The molecule has 0 spiro atoms. The van der Waals surface area contributed by atoms with Crippen molar-refractivity contribution in [1.29, 1.82) is 0 Å². The van der Waals surface area contributed by atoms with E-state index >= 15 is 0 Å². The fraction of sp³-hybridized carbons (Fsp3) is 0. The van der Waals surface area contributed by atoms with Gasteiger partial charge in [-0.25, -0.2) is 10.1 Å². The smallest absolute Gasteiger partial charge is 0.296 e. The van der Waals surface area contributed by atoms with Gasteiger partial charge in [-0.1, -0.05) is 18.2 Å². The lowest BCUT2D eigenvalue weighted by atomic mass is 10.1. The predicted molar refractivity (Wildman–Crippen MR) is 77.4 cm³/mol. The molecular formula is C13H12N4O2S. The zero-order chi connectivity index (χ0) is 14.2. The van der Waals surface area contributed by atoms with E-state index in [2.05, 4.69) is 9.71 Å². The number of benzene rings is 1. The molecule has 3 aromatic rings. The van der Waals surface area contributed by atoms with Crippen LogP contribution in [0.4, 0.5) is 5.69 Å². The summed E-state index contributed by atoms with van der Waals surface area (Å²) in [7, 11) is -3.74. The van der Waals surface area contributed by atoms with E-state index in [0.29, 0.717) is 5.69 Å². The van der Waals surface area contributed by atoms with E-state index in [1.807, 2.05) is 35.0 Å². The zero-order valence-corrected chi connectivity index (χ0v) is 11.2. The van der Waals surface area contributed by atoms with Gasteiger partial charge in [-0.05, 0) is 24.3 Å². The third kappa shape index (κ3) is 2.63. The summed E-state index contributed by atoms with van der Waals surface area (Å²) in [5.41, 5.74) is 2.99. The molecule has 0 unspecified atom stereocenters. The third-order valence-corrected chi connectivity index (χ3v) is 3.32. The van der Waals surface area contributed by atoms with Crippen molar-refractivity contribution in [2.24, 2.45) is 5.14 Å². The minimum absolute atomic E-state index is 0.417. The molecule has 3 N–H and O–H groups in total. The predicted octanol–water partition coefficient (Wildman–Crippen LogP) is 1.62. The van der Waals surface area contributed by atoms with Crippen molar-refractivity contribution in [3.05, 3.63) is 54.9 Å². The van der Waals surface area contributed by atoms with Gasteiger partial charge >= 0.3 is 0 Å². The summed E-state index contributed by atoms with van der Waals surface area (Å²) in [5, 5.41) is 4.91. The van der Waals surface area contributed by atoms with Crippen LogP contribution >= 0.6 is 0 Å². The highest BCUT2D eigenvalue weighted by Crippen LogP contribution is 2.21. The second-order valence-corrected chi connectivity index (χ2v) is 5.61. The fourth-order valence-corrected chi connectivity index (χ4v) is 2.41. The third-order valence-electron chi connectivity index (χ3n) is 2.80. The Morgan fingerprint density at radius 1 is 1.10 bits per heavy atom. The Morgan fingerprint density at radius 2 is 1.85 bits per heavy atom. The lowest BCUT2D eigenvalue weighted by Gasteiger charge is -2.03. The van der Waals surface area contributed by atoms with Gasteiger partial charge in [-0.3, -0.25) is 4.72 Å². The summed E-state index contributed by atoms with van der Waals surface area (Å²) in [6.07, 6.45) is 3.83. The molecule has 3 rings (SSSR count). The van der Waals surface area contributed by atoms with Gasteiger partial charge in [0, 0.05) is 23.6 Å². The van der Waals surface area contributed by atoms with Gasteiger partial charge in [-0.2, -0.15) is 8.42 Å². The molecule has 0 amide bonds. The van der Waals surface area contributed by atoms with Gasteiger partial charge in [-0.15, -0.1) is 0 Å². The minimum Gasteiger partial charge on any atom is -0.306 e. The number of nitrogens with two attached hydrogens (primary N) is 1. The number of hydrogen-bond acceptors (Lipinski definition) is 3. The topological polar surface area (TPSA) is 89.5 Å². The van der Waals surface area contributed by atoms with Crippen LogP contribution in [0, 0.1) is 0 Å². The van der Waals surface area contributed by atoms with Crippen molar-refractivity contribution >= 4 is 21.5 Å². The summed E-state index contributed by atoms with van der Waals surface area (Å²) in [5.74, 6) is 0. The largest absolute Gasteiger partial charge is 0.306 e. The Bertz CT molecular complexity index is 820. The SMILES string of the molecule is NS(=O)(=O)Nc1ccc(-c2cn3ccccc3n2)cc1. The normalized spacial score (nSPS) is 11.7. The maximum atomic E-state index is 10.9. The first-order valence-corrected chi connectivity index (χ1v) is 7.41. The van der Waals surface area contributed by atoms with Crippen LogP contribution < -0.4 is 9.86 Å². The number of hydrogen-bond donors (Lipinski definition) is 2. The van der Waals surface area contributed by atoms with E-state index in [1.54, 1.807) is 24.3 Å². The Hall–Kier alpha value is -2.38. The molecule has 0 fully saturated rings. The maximum Gasteiger partial charge on any atom is 0.296 e. The van der Waals surface area contributed by atoms with Crippen molar-refractivity contribution in [1.82, 2.24) is 9.38 Å². The van der Waals surface area contributed by atoms with Gasteiger partial charge in [0.15, 0.2) is 0 Å². The summed E-state index contributed by atoms with van der Waals surface area (Å²) >= 11 is 0. The molecule has 0 aliphatic heterocycles. The van der Waals surface area contributed by atoms with Crippen molar-refractivity contribution < 1.29 is 8.42 Å². The Balaban J connectivity index is 1.94. The minimum atomic E-state index is -3.74. The highest BCUT2D eigenvalue weighted by molar-refractivity contribution is 7.90. The standard InChI is InChI=1S/C13H12N4O2S/c14-20(18,19)16-11-6-4-10(5-7-11)12-9-17-8-2-1-3-13(17)15-12/h1-9,16H,(H2,14,18,19). The van der Waals surface area contributed by atoms with Crippen LogP contribution in [0.1, 0.15) is 0 Å². The number of anilines is 1. The highest BCUT2D eigenvalue weighted by Gasteiger charge is 2.05. The van der Waals surface area contributed by atoms with Gasteiger partial charge in [0.1, 0.15) is 5.65 Å². The van der Waals surface area contributed by atoms with Crippen LogP contribution in [0.25, 0.3) is 16.9 Å². The Kier molecular flexibility index (Phi) is 2.92. The summed E-state index contributed by atoms with van der Waals surface area (Å²) in [6.45, 7) is 0. The number of imidazole rings is 1. The van der Waals surface area contributed by atoms with Gasteiger partial charge < -0.3 is 4.40 Å². The Morgan fingerprint density at radius 3 is 2.50 bits per heavy atom. The highest BCUT2D eigenvalue weighted by atomic mass is 32.2. The van der Waals surface area contributed by atoms with Gasteiger partial charge in [0.2, 0.25) is 0 Å². The molecule has 0 aliphatic carbocycles. The summed E-state index contributed by atoms with van der Waals surface area (Å²) in [6, 6.07) is 12.6. The lowest BCUT2D eigenvalue weighted by Crippen LogP contribution is -2.21. The Labute approximate surface area is 116 Å². The van der Waals surface area contributed by atoms with Crippen LogP contribution in [0.15, 0.2) is 54.9 Å². The maximum absolute atomic E-state index is 10.9. The van der Waals surface area contributed by atoms with Crippen molar-refractivity contribution in [3.8, 4) is 11.3 Å². The molecule has 1 aromatic carbocycles. The zero-order valence-electron chi connectivity index (χ0n) is 10.4. The number of fused-ring (bicyclic) bond motifs is 1.